The van der Waals surface area contributed by atoms with E-state index in [-0.39, 0.29) is 5.91 Å². The second-order valence-electron chi connectivity index (χ2n) is 19.6. The van der Waals surface area contributed by atoms with Crippen LogP contribution in [0.1, 0.15) is 100 Å². The first-order chi connectivity index (χ1) is 35.7. The normalized spacial score (nSPS) is 15.2. The standard InChI is InChI=1S/C26H33N7O3S.C16H18N6S.C10H17NO4/c1-17-31-19(15-23-30-16-21(37-23)18-7-9-27-10-8-18)14-22(32-17)28-11-12-29-24(34)20-6-5-13-33(20)25(35)36-26(2,3)4;1-11-21-13(8-15(22-11)19-7-4-17)9-16-20-10-14(23-16)12-2-5-18-6-3-12;1-10(2,3)15-9(14)11-6-4-5-7(11)8(12)13/h7-10,14,16,20H,5-6,11-13,15H2,1-4H3,(H,29,34)(H,28,31,32);2-3,5-6,8,10H,4,7,9,17H2,1H3,(H,19,21,22);7H,4-6H2,1-3H3,(H,12,13)/t20-;;7-/m0.0/s1. The van der Waals surface area contributed by atoms with E-state index in [9.17, 15) is 19.2 Å². The Kier molecular flexibility index (Phi) is 20.4. The van der Waals surface area contributed by atoms with E-state index in [0.29, 0.717) is 76.6 Å². The van der Waals surface area contributed by atoms with Crippen LogP contribution < -0.4 is 21.7 Å². The molecular weight excluding hydrogens is 997 g/mol. The lowest BCUT2D eigenvalue weighted by Crippen LogP contribution is -2.48. The number of carbonyl (C=O) groups excluding carboxylic acids is 3. The third kappa shape index (κ3) is 18.3. The van der Waals surface area contributed by atoms with Crippen LogP contribution in [0.15, 0.2) is 73.6 Å². The number of ether oxygens (including phenoxy) is 2. The summed E-state index contributed by atoms with van der Waals surface area (Å²) in [5.41, 5.74) is 8.38. The summed E-state index contributed by atoms with van der Waals surface area (Å²) in [6.45, 7) is 17.6. The summed E-state index contributed by atoms with van der Waals surface area (Å²) in [6.07, 6.45) is 13.9. The molecule has 0 radical (unpaired) electrons. The van der Waals surface area contributed by atoms with E-state index >= 15 is 0 Å². The second kappa shape index (κ2) is 26.8. The number of aliphatic carboxylic acids is 1. The van der Waals surface area contributed by atoms with Crippen LogP contribution in [-0.2, 0) is 31.9 Å². The zero-order valence-electron chi connectivity index (χ0n) is 43.8. The Balaban J connectivity index is 0.000000204. The fourth-order valence-corrected chi connectivity index (χ4v) is 9.73. The van der Waals surface area contributed by atoms with Gasteiger partial charge in [-0.25, -0.2) is 44.3 Å². The molecule has 2 fully saturated rings. The van der Waals surface area contributed by atoms with Gasteiger partial charge in [0.2, 0.25) is 5.91 Å². The Morgan fingerprint density at radius 3 is 1.55 bits per heavy atom. The Morgan fingerprint density at radius 2 is 1.11 bits per heavy atom. The lowest BCUT2D eigenvalue weighted by molar-refractivity contribution is -0.142. The molecule has 23 heteroatoms. The summed E-state index contributed by atoms with van der Waals surface area (Å²) in [4.78, 5) is 87.7. The van der Waals surface area contributed by atoms with Gasteiger partial charge in [0.15, 0.2) is 0 Å². The molecule has 0 spiro atoms. The number of amides is 3. The summed E-state index contributed by atoms with van der Waals surface area (Å²) in [7, 11) is 0. The first kappa shape index (κ1) is 57.0. The largest absolute Gasteiger partial charge is 0.480 e. The van der Waals surface area contributed by atoms with Crippen LogP contribution in [-0.4, -0.2) is 141 Å². The molecule has 21 nitrogen and oxygen atoms in total. The maximum absolute atomic E-state index is 12.7. The van der Waals surface area contributed by atoms with Crippen LogP contribution in [0.2, 0.25) is 0 Å². The fourth-order valence-electron chi connectivity index (χ4n) is 7.85. The molecule has 0 saturated carbocycles. The van der Waals surface area contributed by atoms with Gasteiger partial charge in [0, 0.05) is 101 Å². The van der Waals surface area contributed by atoms with Crippen molar-refractivity contribution in [3.8, 4) is 20.9 Å². The van der Waals surface area contributed by atoms with Gasteiger partial charge in [-0.3, -0.25) is 24.6 Å². The molecule has 75 heavy (non-hydrogen) atoms. The molecule has 0 bridgehead atoms. The number of carboxylic acids is 1. The number of nitrogens with one attached hydrogen (secondary N) is 3. The summed E-state index contributed by atoms with van der Waals surface area (Å²) in [5, 5.41) is 20.2. The highest BCUT2D eigenvalue weighted by molar-refractivity contribution is 7.15. The fraction of sp³-hybridized carbons (Fsp3) is 0.462. The number of anilines is 2. The highest BCUT2D eigenvalue weighted by Crippen LogP contribution is 2.29. The SMILES string of the molecule is CC(C)(C)OC(=O)N1CCC[C@H]1C(=O)O.Cc1nc(Cc2ncc(-c3ccncc3)s2)cc(NCCN)n1.Cc1nc(Cc2ncc(-c3ccncc3)s2)cc(NCCNC(=O)[C@@H]2CCCN2C(=O)OC(C)(C)C)n1. The molecule has 2 atom stereocenters. The van der Waals surface area contributed by atoms with Gasteiger partial charge < -0.3 is 36.3 Å². The summed E-state index contributed by atoms with van der Waals surface area (Å²) in [6, 6.07) is 10.5. The van der Waals surface area contributed by atoms with Gasteiger partial charge >= 0.3 is 18.2 Å². The maximum Gasteiger partial charge on any atom is 0.411 e. The quantitative estimate of drug-likeness (QED) is 0.0620. The second-order valence-corrected chi connectivity index (χ2v) is 21.8. The van der Waals surface area contributed by atoms with Crippen molar-refractivity contribution in [2.75, 3.05) is 49.9 Å². The third-order valence-electron chi connectivity index (χ3n) is 11.0. The minimum absolute atomic E-state index is 0.168. The number of nitrogens with zero attached hydrogens (tertiary/aromatic N) is 10. The molecule has 8 heterocycles. The van der Waals surface area contributed by atoms with E-state index in [2.05, 4.69) is 55.8 Å². The number of aryl methyl sites for hydroxylation is 2. The molecule has 2 aliphatic rings. The number of hydrogen-bond acceptors (Lipinski definition) is 19. The molecule has 0 aromatic carbocycles. The number of carboxylic acid groups (broad SMARTS) is 1. The number of thiazole rings is 2. The van der Waals surface area contributed by atoms with E-state index < -0.39 is 41.4 Å². The Hall–Kier alpha value is -7.24. The average Bonchev–Trinajstić information content (AvgIpc) is 4.21. The Morgan fingerprint density at radius 1 is 0.667 bits per heavy atom. The number of hydrogen-bond donors (Lipinski definition) is 5. The van der Waals surface area contributed by atoms with Crippen molar-refractivity contribution in [3.63, 3.8) is 0 Å². The molecule has 2 aliphatic heterocycles. The minimum Gasteiger partial charge on any atom is -0.480 e. The summed E-state index contributed by atoms with van der Waals surface area (Å²) in [5.74, 6) is 1.78. The van der Waals surface area contributed by atoms with Crippen molar-refractivity contribution in [1.82, 2.24) is 55.0 Å². The van der Waals surface area contributed by atoms with Gasteiger partial charge in [0.25, 0.3) is 0 Å². The first-order valence-electron chi connectivity index (χ1n) is 24.8. The van der Waals surface area contributed by atoms with E-state index in [1.54, 1.807) is 68.2 Å². The van der Waals surface area contributed by atoms with Crippen LogP contribution in [0.4, 0.5) is 21.2 Å². The van der Waals surface area contributed by atoms with Crippen molar-refractivity contribution in [2.24, 2.45) is 5.73 Å². The molecule has 8 rings (SSSR count). The predicted molar refractivity (Wildman–Crippen MR) is 288 cm³/mol. The van der Waals surface area contributed by atoms with Crippen LogP contribution in [0.3, 0.4) is 0 Å². The Bertz CT molecular complexity index is 2820. The minimum atomic E-state index is -0.960. The van der Waals surface area contributed by atoms with Crippen molar-refractivity contribution < 1.29 is 33.8 Å². The number of nitrogens with two attached hydrogens (primary N) is 1. The van der Waals surface area contributed by atoms with Crippen LogP contribution in [0.25, 0.3) is 20.9 Å². The lowest BCUT2D eigenvalue weighted by atomic mass is 10.2. The first-order valence-corrected chi connectivity index (χ1v) is 26.4. The monoisotopic (exact) mass is 1060 g/mol. The maximum atomic E-state index is 12.7. The number of rotatable bonds is 15. The molecule has 3 amide bonds. The van der Waals surface area contributed by atoms with Crippen molar-refractivity contribution in [2.45, 2.75) is 117 Å². The highest BCUT2D eigenvalue weighted by atomic mass is 32.1. The van der Waals surface area contributed by atoms with Crippen molar-refractivity contribution >= 4 is 58.4 Å². The third-order valence-corrected chi connectivity index (χ3v) is 13.1. The average molecular weight is 1070 g/mol. The molecule has 2 saturated heterocycles. The molecular formula is C52H68N14O7S2. The number of pyridine rings is 2. The van der Waals surface area contributed by atoms with E-state index in [1.165, 1.54) is 9.80 Å². The van der Waals surface area contributed by atoms with Gasteiger partial charge in [0.05, 0.1) is 31.2 Å². The zero-order valence-corrected chi connectivity index (χ0v) is 45.5. The molecule has 6 aromatic rings. The van der Waals surface area contributed by atoms with E-state index in [0.717, 1.165) is 66.8 Å². The van der Waals surface area contributed by atoms with E-state index in [4.69, 9.17) is 20.3 Å². The van der Waals surface area contributed by atoms with Gasteiger partial charge in [-0.1, -0.05) is 0 Å². The number of carbonyl (C=O) groups is 4. The number of likely N-dealkylation sites (tertiary alicyclic amines) is 2. The van der Waals surface area contributed by atoms with Crippen molar-refractivity contribution in [1.29, 1.82) is 0 Å². The van der Waals surface area contributed by atoms with Crippen LogP contribution in [0.5, 0.6) is 0 Å². The summed E-state index contributed by atoms with van der Waals surface area (Å²) >= 11 is 3.30. The molecule has 0 aliphatic carbocycles. The lowest BCUT2D eigenvalue weighted by Gasteiger charge is -2.28. The smallest absolute Gasteiger partial charge is 0.411 e. The van der Waals surface area contributed by atoms with Gasteiger partial charge in [-0.15, -0.1) is 22.7 Å². The van der Waals surface area contributed by atoms with Crippen molar-refractivity contribution in [3.05, 3.63) is 107 Å². The molecule has 6 aromatic heterocycles. The molecule has 0 unspecified atom stereocenters. The zero-order chi connectivity index (χ0) is 54.1. The molecule has 6 N–H and O–H groups in total. The van der Waals surface area contributed by atoms with Gasteiger partial charge in [0.1, 0.15) is 46.6 Å². The van der Waals surface area contributed by atoms with E-state index in [1.807, 2.05) is 83.4 Å². The Labute approximate surface area is 445 Å². The predicted octanol–water partition coefficient (Wildman–Crippen LogP) is 7.56. The van der Waals surface area contributed by atoms with Gasteiger partial charge in [-0.05, 0) is 116 Å². The van der Waals surface area contributed by atoms with Crippen LogP contribution >= 0.6 is 22.7 Å². The topological polar surface area (TPSA) is 279 Å². The van der Waals surface area contributed by atoms with Crippen LogP contribution in [0, 0.1) is 13.8 Å². The number of aromatic nitrogens is 8. The summed E-state index contributed by atoms with van der Waals surface area (Å²) < 4.78 is 10.6. The molecule has 400 valence electrons. The highest BCUT2D eigenvalue weighted by Gasteiger charge is 2.37. The van der Waals surface area contributed by atoms with Gasteiger partial charge in [-0.2, -0.15) is 0 Å².